The molecule has 0 aromatic heterocycles. The number of rotatable bonds is 0. The SMILES string of the molecule is C[C@H]1/C2=C\CCCC(=O)[C@H]1CCC2. The molecular formula is C12H18O. The van der Waals surface area contributed by atoms with Crippen LogP contribution >= 0.6 is 0 Å². The van der Waals surface area contributed by atoms with Gasteiger partial charge in [0.1, 0.15) is 5.78 Å². The van der Waals surface area contributed by atoms with E-state index < -0.39 is 0 Å². The van der Waals surface area contributed by atoms with Gasteiger partial charge in [0.15, 0.2) is 0 Å². The van der Waals surface area contributed by atoms with Gasteiger partial charge in [0.2, 0.25) is 0 Å². The van der Waals surface area contributed by atoms with Gasteiger partial charge in [-0.2, -0.15) is 0 Å². The van der Waals surface area contributed by atoms with Crippen molar-refractivity contribution in [2.45, 2.75) is 45.4 Å². The van der Waals surface area contributed by atoms with Crippen molar-refractivity contribution >= 4 is 5.78 Å². The Morgan fingerprint density at radius 3 is 3.00 bits per heavy atom. The van der Waals surface area contributed by atoms with Crippen LogP contribution in [0.25, 0.3) is 0 Å². The van der Waals surface area contributed by atoms with E-state index in [9.17, 15) is 4.79 Å². The molecule has 2 atom stereocenters. The van der Waals surface area contributed by atoms with Gasteiger partial charge in [-0.25, -0.2) is 0 Å². The molecule has 0 N–H and O–H groups in total. The highest BCUT2D eigenvalue weighted by molar-refractivity contribution is 5.82. The third kappa shape index (κ3) is 1.70. The van der Waals surface area contributed by atoms with Crippen LogP contribution < -0.4 is 0 Å². The van der Waals surface area contributed by atoms with E-state index in [4.69, 9.17) is 0 Å². The molecule has 0 heterocycles. The molecule has 2 aliphatic rings. The van der Waals surface area contributed by atoms with Gasteiger partial charge in [-0.05, 0) is 38.0 Å². The van der Waals surface area contributed by atoms with Crippen LogP contribution in [0.15, 0.2) is 11.6 Å². The van der Waals surface area contributed by atoms with Gasteiger partial charge in [-0.3, -0.25) is 4.79 Å². The summed E-state index contributed by atoms with van der Waals surface area (Å²) in [6, 6.07) is 0. The van der Waals surface area contributed by atoms with Gasteiger partial charge in [0, 0.05) is 12.3 Å². The van der Waals surface area contributed by atoms with Crippen molar-refractivity contribution in [1.29, 1.82) is 0 Å². The molecule has 0 unspecified atom stereocenters. The summed E-state index contributed by atoms with van der Waals surface area (Å²) in [6.45, 7) is 2.24. The summed E-state index contributed by atoms with van der Waals surface area (Å²) in [5.74, 6) is 1.43. The summed E-state index contributed by atoms with van der Waals surface area (Å²) in [5.41, 5.74) is 1.56. The fourth-order valence-corrected chi connectivity index (χ4v) is 2.74. The molecule has 0 radical (unpaired) electrons. The summed E-state index contributed by atoms with van der Waals surface area (Å²) >= 11 is 0. The minimum absolute atomic E-state index is 0.361. The number of carbonyl (C=O) groups excluding carboxylic acids is 1. The first-order valence-electron chi connectivity index (χ1n) is 5.50. The number of hydrogen-bond donors (Lipinski definition) is 0. The molecule has 72 valence electrons. The highest BCUT2D eigenvalue weighted by Crippen LogP contribution is 2.37. The van der Waals surface area contributed by atoms with Crippen molar-refractivity contribution in [2.24, 2.45) is 11.8 Å². The maximum atomic E-state index is 11.8. The van der Waals surface area contributed by atoms with Gasteiger partial charge in [-0.15, -0.1) is 0 Å². The molecule has 2 aliphatic carbocycles. The molecule has 0 aromatic rings. The summed E-state index contributed by atoms with van der Waals surface area (Å²) in [7, 11) is 0. The Balaban J connectivity index is 2.24. The zero-order valence-electron chi connectivity index (χ0n) is 8.38. The van der Waals surface area contributed by atoms with E-state index in [1.807, 2.05) is 0 Å². The van der Waals surface area contributed by atoms with Gasteiger partial charge >= 0.3 is 0 Å². The highest BCUT2D eigenvalue weighted by Gasteiger charge is 2.30. The third-order valence-electron chi connectivity index (χ3n) is 3.62. The topological polar surface area (TPSA) is 17.1 Å². The van der Waals surface area contributed by atoms with E-state index in [1.165, 1.54) is 12.8 Å². The minimum atomic E-state index is 0.361. The zero-order valence-corrected chi connectivity index (χ0v) is 8.38. The van der Waals surface area contributed by atoms with Crippen LogP contribution in [-0.4, -0.2) is 5.78 Å². The van der Waals surface area contributed by atoms with Crippen LogP contribution in [0.4, 0.5) is 0 Å². The smallest absolute Gasteiger partial charge is 0.136 e. The number of allylic oxidation sites excluding steroid dienone is 2. The lowest BCUT2D eigenvalue weighted by Crippen LogP contribution is -2.28. The van der Waals surface area contributed by atoms with E-state index in [-0.39, 0.29) is 0 Å². The standard InChI is InChI=1S/C12H18O/c1-9-10-5-2-3-8-12(13)11(9)7-4-6-10/h5,9,11H,2-4,6-8H2,1H3/b10-5-/t9-,11-/m0/s1. The monoisotopic (exact) mass is 178 g/mol. The summed E-state index contributed by atoms with van der Waals surface area (Å²) < 4.78 is 0. The number of Topliss-reactive ketones (excluding diaryl/α,β-unsaturated/α-hetero) is 1. The van der Waals surface area contributed by atoms with Crippen LogP contribution in [0.5, 0.6) is 0 Å². The summed E-state index contributed by atoms with van der Waals surface area (Å²) in [5, 5.41) is 0. The Morgan fingerprint density at radius 1 is 1.31 bits per heavy atom. The quantitative estimate of drug-likeness (QED) is 0.521. The fourth-order valence-electron chi connectivity index (χ4n) is 2.74. The first-order chi connectivity index (χ1) is 6.29. The van der Waals surface area contributed by atoms with Crippen molar-refractivity contribution in [1.82, 2.24) is 0 Å². The predicted octanol–water partition coefficient (Wildman–Crippen LogP) is 3.10. The van der Waals surface area contributed by atoms with Crippen molar-refractivity contribution in [2.75, 3.05) is 0 Å². The lowest BCUT2D eigenvalue weighted by Gasteiger charge is -2.31. The van der Waals surface area contributed by atoms with E-state index in [0.29, 0.717) is 17.6 Å². The maximum absolute atomic E-state index is 11.8. The molecule has 2 rings (SSSR count). The van der Waals surface area contributed by atoms with Crippen LogP contribution in [0.3, 0.4) is 0 Å². The highest BCUT2D eigenvalue weighted by atomic mass is 16.1. The molecule has 0 spiro atoms. The third-order valence-corrected chi connectivity index (χ3v) is 3.62. The predicted molar refractivity (Wildman–Crippen MR) is 53.4 cm³/mol. The van der Waals surface area contributed by atoms with E-state index in [0.717, 1.165) is 25.7 Å². The molecule has 1 nitrogen and oxygen atoms in total. The number of ketones is 1. The van der Waals surface area contributed by atoms with Crippen molar-refractivity contribution in [3.8, 4) is 0 Å². The Bertz CT molecular complexity index is 240. The average Bonchev–Trinajstić information content (AvgIpc) is 2.14. The first-order valence-corrected chi connectivity index (χ1v) is 5.50. The molecule has 13 heavy (non-hydrogen) atoms. The summed E-state index contributed by atoms with van der Waals surface area (Å²) in [6.07, 6.45) is 9.01. The lowest BCUT2D eigenvalue weighted by atomic mass is 9.72. The van der Waals surface area contributed by atoms with Gasteiger partial charge in [-0.1, -0.05) is 18.6 Å². The largest absolute Gasteiger partial charge is 0.299 e. The van der Waals surface area contributed by atoms with Crippen molar-refractivity contribution in [3.63, 3.8) is 0 Å². The summed E-state index contributed by atoms with van der Waals surface area (Å²) in [4.78, 5) is 11.8. The molecule has 0 amide bonds. The number of carbonyl (C=O) groups is 1. The molecule has 0 aliphatic heterocycles. The average molecular weight is 178 g/mol. The van der Waals surface area contributed by atoms with Crippen LogP contribution in [0.2, 0.25) is 0 Å². The molecular weight excluding hydrogens is 160 g/mol. The Labute approximate surface area is 80.2 Å². The van der Waals surface area contributed by atoms with Gasteiger partial charge in [0.05, 0.1) is 0 Å². The molecule has 1 saturated carbocycles. The molecule has 1 heteroatoms. The lowest BCUT2D eigenvalue weighted by molar-refractivity contribution is -0.124. The van der Waals surface area contributed by atoms with E-state index in [1.54, 1.807) is 5.57 Å². The fraction of sp³-hybridized carbons (Fsp3) is 0.750. The van der Waals surface area contributed by atoms with E-state index >= 15 is 0 Å². The van der Waals surface area contributed by atoms with Gasteiger partial charge < -0.3 is 0 Å². The van der Waals surface area contributed by atoms with Crippen LogP contribution in [0, 0.1) is 11.8 Å². The minimum Gasteiger partial charge on any atom is -0.299 e. The van der Waals surface area contributed by atoms with Crippen LogP contribution in [0.1, 0.15) is 45.4 Å². The zero-order chi connectivity index (χ0) is 9.26. The second kappa shape index (κ2) is 3.65. The number of fused-ring (bicyclic) bond motifs is 2. The molecule has 1 fully saturated rings. The van der Waals surface area contributed by atoms with Crippen molar-refractivity contribution < 1.29 is 4.79 Å². The van der Waals surface area contributed by atoms with E-state index in [2.05, 4.69) is 13.0 Å². The number of hydrogen-bond acceptors (Lipinski definition) is 1. The second-order valence-electron chi connectivity index (χ2n) is 4.42. The van der Waals surface area contributed by atoms with Crippen molar-refractivity contribution in [3.05, 3.63) is 11.6 Å². The Kier molecular flexibility index (Phi) is 2.52. The Hall–Kier alpha value is -0.590. The molecule has 0 saturated heterocycles. The molecule has 2 bridgehead atoms. The maximum Gasteiger partial charge on any atom is 0.136 e. The van der Waals surface area contributed by atoms with Crippen LogP contribution in [-0.2, 0) is 4.79 Å². The molecule has 0 aromatic carbocycles. The second-order valence-corrected chi connectivity index (χ2v) is 4.42. The Morgan fingerprint density at radius 2 is 2.15 bits per heavy atom. The normalized spacial score (nSPS) is 38.8. The van der Waals surface area contributed by atoms with Gasteiger partial charge in [0.25, 0.3) is 0 Å². The first kappa shape index (κ1) is 8.98.